The maximum absolute atomic E-state index is 13.4. The van der Waals surface area contributed by atoms with Crippen molar-refractivity contribution in [1.82, 2.24) is 0 Å². The van der Waals surface area contributed by atoms with E-state index in [1.165, 1.54) is 6.08 Å². The first-order valence-electron chi connectivity index (χ1n) is 4.53. The van der Waals surface area contributed by atoms with Crippen LogP contribution in [-0.4, -0.2) is 0 Å². The molecule has 2 rings (SSSR count). The summed E-state index contributed by atoms with van der Waals surface area (Å²) in [5.41, 5.74) is 1.70. The van der Waals surface area contributed by atoms with E-state index in [9.17, 15) is 4.39 Å². The van der Waals surface area contributed by atoms with Crippen LogP contribution in [0.3, 0.4) is 0 Å². The van der Waals surface area contributed by atoms with Gasteiger partial charge in [0.2, 0.25) is 0 Å². The van der Waals surface area contributed by atoms with Crippen LogP contribution in [0, 0.1) is 12.7 Å². The molecule has 14 heavy (non-hydrogen) atoms. The largest absolute Gasteiger partial charge is 0.206 e. The molecule has 0 fully saturated rings. The molecular weight excluding hydrogens is 175 g/mol. The quantitative estimate of drug-likeness (QED) is 0.633. The van der Waals surface area contributed by atoms with E-state index in [4.69, 9.17) is 0 Å². The van der Waals surface area contributed by atoms with Crippen molar-refractivity contribution in [2.45, 2.75) is 6.92 Å². The lowest BCUT2D eigenvalue weighted by atomic mass is 10.0. The van der Waals surface area contributed by atoms with Crippen molar-refractivity contribution in [3.8, 4) is 0 Å². The number of benzene rings is 2. The zero-order valence-electron chi connectivity index (χ0n) is 8.05. The van der Waals surface area contributed by atoms with Gasteiger partial charge in [-0.15, -0.1) is 0 Å². The summed E-state index contributed by atoms with van der Waals surface area (Å²) < 4.78 is 13.4. The van der Waals surface area contributed by atoms with Crippen molar-refractivity contribution in [2.75, 3.05) is 0 Å². The molecule has 0 saturated heterocycles. The zero-order valence-corrected chi connectivity index (χ0v) is 8.05. The Labute approximate surface area is 82.7 Å². The van der Waals surface area contributed by atoms with Crippen molar-refractivity contribution in [3.63, 3.8) is 0 Å². The highest BCUT2D eigenvalue weighted by atomic mass is 19.1. The molecule has 0 aromatic heterocycles. The number of hydrogen-bond donors (Lipinski definition) is 0. The third kappa shape index (κ3) is 1.41. The monoisotopic (exact) mass is 186 g/mol. The van der Waals surface area contributed by atoms with Crippen LogP contribution in [-0.2, 0) is 0 Å². The summed E-state index contributed by atoms with van der Waals surface area (Å²) in [6.45, 7) is 5.57. The van der Waals surface area contributed by atoms with Crippen molar-refractivity contribution in [2.24, 2.45) is 0 Å². The molecule has 0 aliphatic heterocycles. The van der Waals surface area contributed by atoms with Crippen LogP contribution in [0.4, 0.5) is 4.39 Å². The third-order valence-electron chi connectivity index (χ3n) is 2.33. The predicted molar refractivity (Wildman–Crippen MR) is 58.7 cm³/mol. The van der Waals surface area contributed by atoms with Gasteiger partial charge in [-0.2, -0.15) is 0 Å². The summed E-state index contributed by atoms with van der Waals surface area (Å²) in [5.74, 6) is -0.210. The average Bonchev–Trinajstić information content (AvgIpc) is 2.16. The highest BCUT2D eigenvalue weighted by molar-refractivity contribution is 5.85. The minimum Gasteiger partial charge on any atom is -0.206 e. The molecule has 1 heteroatoms. The van der Waals surface area contributed by atoms with Gasteiger partial charge in [-0.05, 0) is 29.8 Å². The summed E-state index contributed by atoms with van der Waals surface area (Å²) >= 11 is 0. The molecule has 0 bridgehead atoms. The van der Waals surface area contributed by atoms with Gasteiger partial charge in [-0.3, -0.25) is 0 Å². The fraction of sp³-hybridized carbons (Fsp3) is 0.0769. The molecule has 0 N–H and O–H groups in total. The van der Waals surface area contributed by atoms with Crippen LogP contribution in [0.2, 0.25) is 0 Å². The Morgan fingerprint density at radius 2 is 1.93 bits per heavy atom. The Bertz CT molecular complexity index is 498. The van der Waals surface area contributed by atoms with Crippen LogP contribution in [0.5, 0.6) is 0 Å². The van der Waals surface area contributed by atoms with Crippen molar-refractivity contribution < 1.29 is 4.39 Å². The number of halogens is 1. The summed E-state index contributed by atoms with van der Waals surface area (Å²) in [7, 11) is 0. The molecule has 2 aromatic carbocycles. The average molecular weight is 186 g/mol. The van der Waals surface area contributed by atoms with Gasteiger partial charge in [0.15, 0.2) is 0 Å². The first-order valence-corrected chi connectivity index (χ1v) is 4.53. The minimum atomic E-state index is -0.210. The van der Waals surface area contributed by atoms with E-state index >= 15 is 0 Å². The number of fused-ring (bicyclic) bond motifs is 1. The Balaban J connectivity index is 2.79. The van der Waals surface area contributed by atoms with E-state index in [-0.39, 0.29) is 5.82 Å². The lowest BCUT2D eigenvalue weighted by molar-refractivity contribution is 0.627. The third-order valence-corrected chi connectivity index (χ3v) is 2.33. The van der Waals surface area contributed by atoms with Crippen LogP contribution in [0.1, 0.15) is 11.1 Å². The second-order valence-electron chi connectivity index (χ2n) is 3.43. The summed E-state index contributed by atoms with van der Waals surface area (Å²) in [6, 6.07) is 9.37. The van der Waals surface area contributed by atoms with Gasteiger partial charge in [0.25, 0.3) is 0 Å². The van der Waals surface area contributed by atoms with Gasteiger partial charge in [0, 0.05) is 5.56 Å². The first kappa shape index (κ1) is 8.95. The lowest BCUT2D eigenvalue weighted by Crippen LogP contribution is -1.83. The Kier molecular flexibility index (Phi) is 2.08. The topological polar surface area (TPSA) is 0 Å². The standard InChI is InChI=1S/C13H11F/c1-3-10-7-11-5-4-9(2)6-12(11)8-13(10)14/h3-8H,1H2,2H3. The number of rotatable bonds is 1. The second kappa shape index (κ2) is 3.26. The normalized spacial score (nSPS) is 10.4. The number of aryl methyl sites for hydroxylation is 1. The molecule has 0 saturated carbocycles. The minimum absolute atomic E-state index is 0.210. The molecule has 70 valence electrons. The van der Waals surface area contributed by atoms with Crippen molar-refractivity contribution in [3.05, 3.63) is 53.9 Å². The zero-order chi connectivity index (χ0) is 10.1. The molecule has 0 spiro atoms. The molecule has 0 radical (unpaired) electrons. The lowest BCUT2D eigenvalue weighted by Gasteiger charge is -2.02. The SMILES string of the molecule is C=Cc1cc2ccc(C)cc2cc1F. The van der Waals surface area contributed by atoms with Gasteiger partial charge in [0.05, 0.1) is 0 Å². The Morgan fingerprint density at radius 1 is 1.14 bits per heavy atom. The molecule has 0 heterocycles. The van der Waals surface area contributed by atoms with E-state index in [1.54, 1.807) is 6.07 Å². The molecule has 0 unspecified atom stereocenters. The predicted octanol–water partition coefficient (Wildman–Crippen LogP) is 3.93. The number of hydrogen-bond acceptors (Lipinski definition) is 0. The van der Waals surface area contributed by atoms with Crippen molar-refractivity contribution in [1.29, 1.82) is 0 Å². The Hall–Kier alpha value is -1.63. The van der Waals surface area contributed by atoms with E-state index in [0.29, 0.717) is 5.56 Å². The fourth-order valence-corrected chi connectivity index (χ4v) is 1.56. The maximum atomic E-state index is 13.4. The van der Waals surface area contributed by atoms with Gasteiger partial charge in [-0.1, -0.05) is 36.4 Å². The second-order valence-corrected chi connectivity index (χ2v) is 3.43. The maximum Gasteiger partial charge on any atom is 0.131 e. The molecular formula is C13H11F. The Morgan fingerprint density at radius 3 is 2.64 bits per heavy atom. The highest BCUT2D eigenvalue weighted by Gasteiger charge is 2.01. The molecule has 0 nitrogen and oxygen atoms in total. The van der Waals surface area contributed by atoms with E-state index < -0.39 is 0 Å². The van der Waals surface area contributed by atoms with Gasteiger partial charge in [-0.25, -0.2) is 4.39 Å². The highest BCUT2D eigenvalue weighted by Crippen LogP contribution is 2.21. The molecule has 0 aliphatic rings. The molecule has 0 atom stereocenters. The van der Waals surface area contributed by atoms with E-state index in [0.717, 1.165) is 16.3 Å². The molecule has 0 amide bonds. The smallest absolute Gasteiger partial charge is 0.131 e. The molecule has 0 aliphatic carbocycles. The van der Waals surface area contributed by atoms with Gasteiger partial charge >= 0.3 is 0 Å². The summed E-state index contributed by atoms with van der Waals surface area (Å²) in [6.07, 6.45) is 1.54. The fourth-order valence-electron chi connectivity index (χ4n) is 1.56. The van der Waals surface area contributed by atoms with E-state index in [2.05, 4.69) is 6.58 Å². The first-order chi connectivity index (χ1) is 6.70. The molecule has 2 aromatic rings. The summed E-state index contributed by atoms with van der Waals surface area (Å²) in [4.78, 5) is 0. The van der Waals surface area contributed by atoms with Crippen LogP contribution in [0.15, 0.2) is 36.9 Å². The van der Waals surface area contributed by atoms with E-state index in [1.807, 2.05) is 31.2 Å². The van der Waals surface area contributed by atoms with Gasteiger partial charge < -0.3 is 0 Å². The summed E-state index contributed by atoms with van der Waals surface area (Å²) in [5, 5.41) is 1.99. The van der Waals surface area contributed by atoms with Crippen LogP contribution >= 0.6 is 0 Å². The van der Waals surface area contributed by atoms with Gasteiger partial charge in [0.1, 0.15) is 5.82 Å². The van der Waals surface area contributed by atoms with Crippen LogP contribution < -0.4 is 0 Å². The van der Waals surface area contributed by atoms with Crippen LogP contribution in [0.25, 0.3) is 16.8 Å². The van der Waals surface area contributed by atoms with Crippen molar-refractivity contribution >= 4 is 16.8 Å².